The second kappa shape index (κ2) is 6.63. The monoisotopic (exact) mass is 404 g/mol. The van der Waals surface area contributed by atoms with Gasteiger partial charge in [-0.1, -0.05) is 0 Å². The molecule has 0 radical (unpaired) electrons. The largest absolute Gasteiger partial charge is 0.493 e. The summed E-state index contributed by atoms with van der Waals surface area (Å²) in [5.74, 6) is -0.795. The Hall–Kier alpha value is -2.98. The lowest BCUT2D eigenvalue weighted by atomic mass is 10.1. The number of carboxylic acids is 1. The van der Waals surface area contributed by atoms with Gasteiger partial charge in [0.2, 0.25) is 5.88 Å². The van der Waals surface area contributed by atoms with E-state index in [1.165, 1.54) is 6.08 Å². The highest BCUT2D eigenvalue weighted by Gasteiger charge is 2.18. The van der Waals surface area contributed by atoms with Gasteiger partial charge >= 0.3 is 5.97 Å². The molecule has 0 bridgehead atoms. The first-order chi connectivity index (χ1) is 12.9. The molecule has 1 aromatic heterocycles. The van der Waals surface area contributed by atoms with Crippen molar-refractivity contribution in [2.45, 2.75) is 6.54 Å². The quantitative estimate of drug-likeness (QED) is 0.577. The number of carbonyl (C=O) groups excluding carboxylic acids is 1. The first-order valence-corrected chi connectivity index (χ1v) is 9.05. The van der Waals surface area contributed by atoms with Gasteiger partial charge in [0.1, 0.15) is 19.8 Å². The normalized spacial score (nSPS) is 16.4. The number of hydrogen-bond acceptors (Lipinski definition) is 7. The van der Waals surface area contributed by atoms with Crippen molar-refractivity contribution in [3.8, 4) is 17.4 Å². The van der Waals surface area contributed by atoms with E-state index in [2.05, 4.69) is 4.99 Å². The molecule has 0 aliphatic carbocycles. The zero-order valence-electron chi connectivity index (χ0n) is 13.7. The minimum absolute atomic E-state index is 0.196. The SMILES string of the molecule is O=C(O)Cn1c(O)c(C=C2C=c3cc4c(cc3=NC2=O)OCCO4)sc1=S. The zero-order valence-corrected chi connectivity index (χ0v) is 15.3. The number of thiazole rings is 1. The third kappa shape index (κ3) is 3.24. The van der Waals surface area contributed by atoms with E-state index in [0.717, 1.165) is 15.9 Å². The number of carboxylic acid groups (broad SMARTS) is 1. The molecule has 2 aliphatic heterocycles. The molecular weight excluding hydrogens is 392 g/mol. The number of hydrogen-bond donors (Lipinski definition) is 2. The van der Waals surface area contributed by atoms with E-state index in [1.807, 2.05) is 0 Å². The molecule has 0 spiro atoms. The molecule has 3 heterocycles. The average Bonchev–Trinajstić information content (AvgIpc) is 2.88. The smallest absolute Gasteiger partial charge is 0.323 e. The first-order valence-electron chi connectivity index (χ1n) is 7.83. The second-order valence-corrected chi connectivity index (χ2v) is 7.43. The Kier molecular flexibility index (Phi) is 4.28. The van der Waals surface area contributed by atoms with Gasteiger partial charge in [0.15, 0.2) is 15.5 Å². The molecule has 0 unspecified atom stereocenters. The number of aromatic nitrogens is 1. The number of carbonyl (C=O) groups is 2. The number of benzene rings is 1. The van der Waals surface area contributed by atoms with Crippen molar-refractivity contribution >= 4 is 47.6 Å². The number of ether oxygens (including phenoxy) is 2. The van der Waals surface area contributed by atoms with Crippen LogP contribution in [0.15, 0.2) is 22.7 Å². The maximum atomic E-state index is 12.4. The summed E-state index contributed by atoms with van der Waals surface area (Å²) in [6.07, 6.45) is 3.08. The molecule has 4 rings (SSSR count). The molecule has 10 heteroatoms. The van der Waals surface area contributed by atoms with Crippen LogP contribution in [0.3, 0.4) is 0 Å². The van der Waals surface area contributed by atoms with E-state index in [-0.39, 0.29) is 20.3 Å². The minimum Gasteiger partial charge on any atom is -0.493 e. The summed E-state index contributed by atoms with van der Waals surface area (Å²) in [6, 6.07) is 3.39. The third-order valence-corrected chi connectivity index (χ3v) is 5.33. The second-order valence-electron chi connectivity index (χ2n) is 5.75. The van der Waals surface area contributed by atoms with E-state index in [0.29, 0.717) is 35.3 Å². The van der Waals surface area contributed by atoms with Crippen LogP contribution >= 0.6 is 23.6 Å². The van der Waals surface area contributed by atoms with Crippen LogP contribution in [-0.2, 0) is 16.1 Å². The molecule has 1 amide bonds. The molecule has 0 saturated carbocycles. The number of amides is 1. The van der Waals surface area contributed by atoms with Gasteiger partial charge < -0.3 is 19.7 Å². The van der Waals surface area contributed by atoms with Gasteiger partial charge in [-0.05, 0) is 30.4 Å². The minimum atomic E-state index is -1.13. The molecule has 1 aromatic carbocycles. The van der Waals surface area contributed by atoms with Crippen molar-refractivity contribution in [3.05, 3.63) is 37.1 Å². The van der Waals surface area contributed by atoms with Crippen molar-refractivity contribution in [2.75, 3.05) is 13.2 Å². The highest BCUT2D eigenvalue weighted by Crippen LogP contribution is 2.30. The van der Waals surface area contributed by atoms with Crippen LogP contribution < -0.4 is 20.0 Å². The van der Waals surface area contributed by atoms with Crippen molar-refractivity contribution in [1.82, 2.24) is 4.57 Å². The Bertz CT molecular complexity index is 1190. The Morgan fingerprint density at radius 3 is 2.74 bits per heavy atom. The lowest BCUT2D eigenvalue weighted by Gasteiger charge is -2.18. The number of rotatable bonds is 3. The molecule has 0 fully saturated rings. The fourth-order valence-electron chi connectivity index (χ4n) is 2.74. The van der Waals surface area contributed by atoms with Gasteiger partial charge in [0.25, 0.3) is 5.91 Å². The first kappa shape index (κ1) is 17.4. The Labute approximate surface area is 160 Å². The molecule has 2 aliphatic rings. The van der Waals surface area contributed by atoms with Crippen LogP contribution in [-0.4, -0.2) is 39.9 Å². The summed E-state index contributed by atoms with van der Waals surface area (Å²) in [7, 11) is 0. The highest BCUT2D eigenvalue weighted by atomic mass is 32.1. The van der Waals surface area contributed by atoms with Gasteiger partial charge in [-0.15, -0.1) is 11.3 Å². The third-order valence-electron chi connectivity index (χ3n) is 3.95. The average molecular weight is 404 g/mol. The topological polar surface area (TPSA) is 110 Å². The molecule has 2 N–H and O–H groups in total. The number of aliphatic carboxylic acids is 1. The fraction of sp³-hybridized carbons (Fsp3) is 0.176. The van der Waals surface area contributed by atoms with Crippen molar-refractivity contribution < 1.29 is 29.3 Å². The summed E-state index contributed by atoms with van der Waals surface area (Å²) >= 11 is 6.10. The van der Waals surface area contributed by atoms with Gasteiger partial charge in [-0.2, -0.15) is 0 Å². The van der Waals surface area contributed by atoms with Crippen molar-refractivity contribution in [2.24, 2.45) is 4.99 Å². The molecule has 8 nitrogen and oxygen atoms in total. The zero-order chi connectivity index (χ0) is 19.1. The Morgan fingerprint density at radius 2 is 2.04 bits per heavy atom. The van der Waals surface area contributed by atoms with E-state index in [4.69, 9.17) is 26.8 Å². The van der Waals surface area contributed by atoms with Gasteiger partial charge in [-0.25, -0.2) is 4.99 Å². The Balaban J connectivity index is 1.80. The van der Waals surface area contributed by atoms with Crippen LogP contribution in [0.2, 0.25) is 0 Å². The van der Waals surface area contributed by atoms with Crippen LogP contribution in [0.25, 0.3) is 12.2 Å². The predicted octanol–water partition coefficient (Wildman–Crippen LogP) is 0.864. The van der Waals surface area contributed by atoms with Crippen molar-refractivity contribution in [1.29, 1.82) is 0 Å². The molecule has 0 atom stereocenters. The number of nitrogens with zero attached hydrogens (tertiary/aromatic N) is 2. The summed E-state index contributed by atoms with van der Waals surface area (Å²) < 4.78 is 12.3. The summed E-state index contributed by atoms with van der Waals surface area (Å²) in [6.45, 7) is 0.420. The number of aromatic hydroxyl groups is 1. The summed E-state index contributed by atoms with van der Waals surface area (Å²) in [5.41, 5.74) is 0.244. The van der Waals surface area contributed by atoms with Crippen LogP contribution in [0.5, 0.6) is 17.4 Å². The maximum Gasteiger partial charge on any atom is 0.323 e. The highest BCUT2D eigenvalue weighted by molar-refractivity contribution is 7.73. The van der Waals surface area contributed by atoms with E-state index in [1.54, 1.807) is 18.2 Å². The standard InChI is InChI=1S/C17H12N2O6S2/c20-14(21)7-19-16(23)13(27-17(19)26)5-9-3-8-4-11-12(25-2-1-24-11)6-10(8)18-15(9)22/h3-6,23H,1-2,7H2,(H,20,21). The van der Waals surface area contributed by atoms with E-state index >= 15 is 0 Å². The lowest BCUT2D eigenvalue weighted by molar-refractivity contribution is -0.137. The maximum absolute atomic E-state index is 12.4. The van der Waals surface area contributed by atoms with E-state index < -0.39 is 18.4 Å². The van der Waals surface area contributed by atoms with Gasteiger partial charge in [0, 0.05) is 16.9 Å². The predicted molar refractivity (Wildman–Crippen MR) is 98.1 cm³/mol. The van der Waals surface area contributed by atoms with Crippen LogP contribution in [0, 0.1) is 3.95 Å². The van der Waals surface area contributed by atoms with Crippen LogP contribution in [0.1, 0.15) is 4.88 Å². The van der Waals surface area contributed by atoms with E-state index in [9.17, 15) is 14.7 Å². The van der Waals surface area contributed by atoms with Crippen molar-refractivity contribution in [3.63, 3.8) is 0 Å². The summed E-state index contributed by atoms with van der Waals surface area (Å²) in [4.78, 5) is 27.6. The number of fused-ring (bicyclic) bond motifs is 2. The molecule has 27 heavy (non-hydrogen) atoms. The molecule has 138 valence electrons. The van der Waals surface area contributed by atoms with Gasteiger partial charge in [-0.3, -0.25) is 14.2 Å². The van der Waals surface area contributed by atoms with Gasteiger partial charge in [0.05, 0.1) is 10.2 Å². The summed E-state index contributed by atoms with van der Waals surface area (Å²) in [5, 5.41) is 20.3. The molecular formula is C17H12N2O6S2. The Morgan fingerprint density at radius 1 is 1.33 bits per heavy atom. The van der Waals surface area contributed by atoms with Crippen LogP contribution in [0.4, 0.5) is 0 Å². The lowest BCUT2D eigenvalue weighted by Crippen LogP contribution is -2.32. The molecule has 2 aromatic rings. The fourth-order valence-corrected chi connectivity index (χ4v) is 3.99. The molecule has 0 saturated heterocycles.